The predicted octanol–water partition coefficient (Wildman–Crippen LogP) is 3.98. The minimum absolute atomic E-state index is 0.0808. The number of amides is 1. The standard InChI is InChI=1S/C26H39FN2O5S/c1-7-20-24(32)16(3)12-34-13-18(27)8-9-21(15(2)10-19-14-35-17(4)28-19)29-23(31)11-22(30)26(5,6)25(20)33/h8,10,14,16,20-22,24,30,32H,7,9,11-13H2,1-6H3,(H,29,31)/b15-10+,18-8+/t16-,20+,21-,22-,24-/m0/s1. The number of ketones is 1. The van der Waals surface area contributed by atoms with E-state index in [4.69, 9.17) is 4.74 Å². The van der Waals surface area contributed by atoms with Gasteiger partial charge >= 0.3 is 0 Å². The molecule has 0 radical (unpaired) electrons. The van der Waals surface area contributed by atoms with Crippen LogP contribution in [-0.4, -0.2) is 58.4 Å². The number of aryl methyl sites for hydroxylation is 1. The fourth-order valence-corrected chi connectivity index (χ4v) is 4.76. The van der Waals surface area contributed by atoms with E-state index in [1.165, 1.54) is 17.4 Å². The van der Waals surface area contributed by atoms with Crippen molar-refractivity contribution in [2.75, 3.05) is 13.2 Å². The van der Waals surface area contributed by atoms with E-state index in [1.807, 2.05) is 25.3 Å². The molecule has 3 N–H and O–H groups in total. The van der Waals surface area contributed by atoms with Gasteiger partial charge in [-0.25, -0.2) is 9.37 Å². The number of Topliss-reactive ketones (excluding diaryl/α,β-unsaturated/α-hetero) is 1. The molecule has 0 saturated heterocycles. The van der Waals surface area contributed by atoms with Crippen molar-refractivity contribution in [1.29, 1.82) is 0 Å². The first-order valence-electron chi connectivity index (χ1n) is 12.1. The Balaban J connectivity index is 2.35. The van der Waals surface area contributed by atoms with E-state index >= 15 is 0 Å². The lowest BCUT2D eigenvalue weighted by atomic mass is 9.72. The molecule has 9 heteroatoms. The number of thiazole rings is 1. The molecule has 0 fully saturated rings. The van der Waals surface area contributed by atoms with Crippen molar-refractivity contribution in [2.24, 2.45) is 17.3 Å². The van der Waals surface area contributed by atoms with Gasteiger partial charge in [0.15, 0.2) is 0 Å². The molecule has 1 aromatic heterocycles. The second-order valence-corrected chi connectivity index (χ2v) is 11.1. The Hall–Kier alpha value is -1.94. The minimum Gasteiger partial charge on any atom is -0.392 e. The molecule has 0 aliphatic carbocycles. The van der Waals surface area contributed by atoms with E-state index in [0.717, 1.165) is 16.3 Å². The summed E-state index contributed by atoms with van der Waals surface area (Å²) in [5.74, 6) is -2.41. The first-order chi connectivity index (χ1) is 16.4. The molecule has 5 atom stereocenters. The maximum absolute atomic E-state index is 14.5. The third-order valence-corrected chi connectivity index (χ3v) is 7.50. The summed E-state index contributed by atoms with van der Waals surface area (Å²) < 4.78 is 20.0. The van der Waals surface area contributed by atoms with Crippen LogP contribution in [0.1, 0.15) is 64.6 Å². The average molecular weight is 511 g/mol. The summed E-state index contributed by atoms with van der Waals surface area (Å²) in [5, 5.41) is 27.3. The van der Waals surface area contributed by atoms with Crippen molar-refractivity contribution in [1.82, 2.24) is 10.3 Å². The lowest BCUT2D eigenvalue weighted by molar-refractivity contribution is -0.144. The Morgan fingerprint density at radius 3 is 2.66 bits per heavy atom. The van der Waals surface area contributed by atoms with Gasteiger partial charge in [0.05, 0.1) is 54.0 Å². The van der Waals surface area contributed by atoms with E-state index in [1.54, 1.807) is 27.7 Å². The van der Waals surface area contributed by atoms with Gasteiger partial charge in [0, 0.05) is 17.2 Å². The molecule has 0 spiro atoms. The van der Waals surface area contributed by atoms with E-state index in [-0.39, 0.29) is 31.8 Å². The molecule has 1 aliphatic rings. The summed E-state index contributed by atoms with van der Waals surface area (Å²) in [4.78, 5) is 30.6. The number of carbonyl (C=O) groups is 2. The zero-order valence-corrected chi connectivity index (χ0v) is 22.3. The van der Waals surface area contributed by atoms with Gasteiger partial charge in [-0.05, 0) is 44.4 Å². The summed E-state index contributed by atoms with van der Waals surface area (Å²) in [5.41, 5.74) is 0.285. The quantitative estimate of drug-likeness (QED) is 0.568. The lowest BCUT2D eigenvalue weighted by Gasteiger charge is -2.35. The second-order valence-electron chi connectivity index (χ2n) is 9.99. The number of aromatic nitrogens is 1. The molecule has 0 unspecified atom stereocenters. The highest BCUT2D eigenvalue weighted by Gasteiger charge is 2.43. The van der Waals surface area contributed by atoms with Crippen molar-refractivity contribution in [3.05, 3.63) is 33.6 Å². The SMILES string of the molecule is CC[C@H]1C(=O)C(C)(C)[C@@H](O)CC(=O)N[C@H](/C(C)=C/c2csc(C)n2)C/C=C(/F)COC[C@H](C)[C@@H]1O. The van der Waals surface area contributed by atoms with Crippen molar-refractivity contribution >= 4 is 29.1 Å². The Labute approximate surface area is 211 Å². The van der Waals surface area contributed by atoms with Crippen LogP contribution in [0.25, 0.3) is 6.08 Å². The third-order valence-electron chi connectivity index (χ3n) is 6.71. The number of ether oxygens (including phenoxy) is 1. The monoisotopic (exact) mass is 510 g/mol. The normalized spacial score (nSPS) is 31.5. The maximum Gasteiger partial charge on any atom is 0.223 e. The zero-order chi connectivity index (χ0) is 26.3. The number of aliphatic hydroxyl groups excluding tert-OH is 2. The molecule has 2 rings (SSSR count). The van der Waals surface area contributed by atoms with Crippen LogP contribution in [0.3, 0.4) is 0 Å². The number of nitrogens with one attached hydrogen (secondary N) is 1. The highest BCUT2D eigenvalue weighted by molar-refractivity contribution is 7.09. The molecule has 1 amide bonds. The van der Waals surface area contributed by atoms with Crippen LogP contribution < -0.4 is 5.32 Å². The number of rotatable bonds is 3. The largest absolute Gasteiger partial charge is 0.392 e. The van der Waals surface area contributed by atoms with Gasteiger partial charge in [0.1, 0.15) is 11.6 Å². The molecule has 0 aromatic carbocycles. The van der Waals surface area contributed by atoms with E-state index in [9.17, 15) is 24.2 Å². The molecule has 0 saturated carbocycles. The smallest absolute Gasteiger partial charge is 0.223 e. The molecule has 2 heterocycles. The van der Waals surface area contributed by atoms with Gasteiger partial charge in [-0.3, -0.25) is 9.59 Å². The van der Waals surface area contributed by atoms with Crippen LogP contribution in [0.2, 0.25) is 0 Å². The number of carbonyl (C=O) groups excluding carboxylic acids is 2. The molecule has 35 heavy (non-hydrogen) atoms. The summed E-state index contributed by atoms with van der Waals surface area (Å²) >= 11 is 1.51. The second kappa shape index (κ2) is 12.9. The van der Waals surface area contributed by atoms with Crippen molar-refractivity contribution < 1.29 is 28.9 Å². The van der Waals surface area contributed by atoms with E-state index < -0.39 is 47.2 Å². The summed E-state index contributed by atoms with van der Waals surface area (Å²) in [6.07, 6.45) is 1.20. The molecule has 1 aromatic rings. The van der Waals surface area contributed by atoms with E-state index in [0.29, 0.717) is 6.42 Å². The first kappa shape index (κ1) is 29.3. The highest BCUT2D eigenvalue weighted by Crippen LogP contribution is 2.32. The molecule has 7 nitrogen and oxygen atoms in total. The Bertz CT molecular complexity index is 942. The number of aliphatic hydroxyl groups is 2. The molecular weight excluding hydrogens is 471 g/mol. The van der Waals surface area contributed by atoms with Gasteiger partial charge in [0.2, 0.25) is 5.91 Å². The molecular formula is C26H39FN2O5S. The summed E-state index contributed by atoms with van der Waals surface area (Å²) in [7, 11) is 0. The topological polar surface area (TPSA) is 109 Å². The van der Waals surface area contributed by atoms with Crippen molar-refractivity contribution in [3.8, 4) is 0 Å². The van der Waals surface area contributed by atoms with Gasteiger partial charge in [-0.15, -0.1) is 11.3 Å². The Morgan fingerprint density at radius 2 is 2.06 bits per heavy atom. The summed E-state index contributed by atoms with van der Waals surface area (Å²) in [6.45, 7) is 10.3. The number of hydrogen-bond donors (Lipinski definition) is 3. The van der Waals surface area contributed by atoms with Crippen LogP contribution in [0.15, 0.2) is 22.9 Å². The number of halogens is 1. The van der Waals surface area contributed by atoms with Crippen LogP contribution in [0.4, 0.5) is 4.39 Å². The Morgan fingerprint density at radius 1 is 1.37 bits per heavy atom. The van der Waals surface area contributed by atoms with Gasteiger partial charge in [-0.1, -0.05) is 27.7 Å². The van der Waals surface area contributed by atoms with Crippen LogP contribution in [0.5, 0.6) is 0 Å². The van der Waals surface area contributed by atoms with Gasteiger partial charge in [0.25, 0.3) is 0 Å². The van der Waals surface area contributed by atoms with Crippen molar-refractivity contribution in [3.63, 3.8) is 0 Å². The molecule has 196 valence electrons. The Kier molecular flexibility index (Phi) is 10.8. The fraction of sp³-hybridized carbons (Fsp3) is 0.654. The highest BCUT2D eigenvalue weighted by atomic mass is 32.1. The predicted molar refractivity (Wildman–Crippen MR) is 135 cm³/mol. The summed E-state index contributed by atoms with van der Waals surface area (Å²) in [6, 6.07) is -0.529. The molecule has 0 bridgehead atoms. The first-order valence-corrected chi connectivity index (χ1v) is 13.0. The van der Waals surface area contributed by atoms with Crippen LogP contribution in [-0.2, 0) is 14.3 Å². The van der Waals surface area contributed by atoms with Gasteiger partial charge in [-0.2, -0.15) is 0 Å². The number of nitrogens with zero attached hydrogens (tertiary/aromatic N) is 1. The van der Waals surface area contributed by atoms with Gasteiger partial charge < -0.3 is 20.3 Å². The van der Waals surface area contributed by atoms with E-state index in [2.05, 4.69) is 10.3 Å². The maximum atomic E-state index is 14.5. The zero-order valence-electron chi connectivity index (χ0n) is 21.5. The molecule has 1 aliphatic heterocycles. The number of hydrogen-bond acceptors (Lipinski definition) is 7. The van der Waals surface area contributed by atoms with Crippen molar-refractivity contribution in [2.45, 2.75) is 79.1 Å². The average Bonchev–Trinajstić information content (AvgIpc) is 3.20. The minimum atomic E-state index is -1.26. The van der Waals surface area contributed by atoms with Crippen LogP contribution >= 0.6 is 11.3 Å². The lowest BCUT2D eigenvalue weighted by Crippen LogP contribution is -2.48. The fourth-order valence-electron chi connectivity index (χ4n) is 4.19. The third kappa shape index (κ3) is 8.03. The van der Waals surface area contributed by atoms with Crippen LogP contribution in [0, 0.1) is 24.2 Å².